The molecular weight excluding hydrogens is 178 g/mol. The van der Waals surface area contributed by atoms with E-state index in [0.717, 1.165) is 0 Å². The molecule has 0 spiro atoms. The van der Waals surface area contributed by atoms with E-state index in [1.54, 1.807) is 6.07 Å². The minimum Gasteiger partial charge on any atom is -0.506 e. The number of methoxy groups -OCH3 is 1. The Bertz CT molecular complexity index is 312. The van der Waals surface area contributed by atoms with Gasteiger partial charge in [-0.25, -0.2) is 0 Å². The van der Waals surface area contributed by atoms with Crippen molar-refractivity contribution in [1.82, 2.24) is 0 Å². The average Bonchev–Trinajstić information content (AvgIpc) is 2.08. The molecule has 0 amide bonds. The molecule has 64 valence electrons. The molecule has 3 nitrogen and oxygen atoms in total. The van der Waals surface area contributed by atoms with E-state index in [1.807, 2.05) is 0 Å². The van der Waals surface area contributed by atoms with Crippen LogP contribution in [0.4, 0.5) is 0 Å². The van der Waals surface area contributed by atoms with E-state index in [0.29, 0.717) is 5.56 Å². The van der Waals surface area contributed by atoms with Crippen molar-refractivity contribution in [2.24, 2.45) is 0 Å². The molecule has 4 heteroatoms. The first-order valence-corrected chi connectivity index (χ1v) is 3.64. The number of hydrogen-bond donors (Lipinski definition) is 2. The van der Waals surface area contributed by atoms with Crippen molar-refractivity contribution in [3.05, 3.63) is 28.8 Å². The largest absolute Gasteiger partial charge is 0.506 e. The van der Waals surface area contributed by atoms with Crippen LogP contribution in [0.15, 0.2) is 18.2 Å². The van der Waals surface area contributed by atoms with Gasteiger partial charge in [-0.2, -0.15) is 0 Å². The molecule has 1 aromatic rings. The number of ether oxygens (including phenoxy) is 1. The molecule has 1 aromatic carbocycles. The number of phenolic OH excluding ortho intramolecular Hbond substituents is 1. The Balaban J connectivity index is 3.05. The highest BCUT2D eigenvalue weighted by atomic mass is 35.5. The average molecular weight is 186 g/mol. The second kappa shape index (κ2) is 3.45. The highest BCUT2D eigenvalue weighted by Crippen LogP contribution is 2.23. The maximum Gasteiger partial charge on any atom is 0.212 e. The number of phenols is 1. The van der Waals surface area contributed by atoms with Gasteiger partial charge in [-0.05, 0) is 18.2 Å². The quantitative estimate of drug-likeness (QED) is 0.520. The molecule has 12 heavy (non-hydrogen) atoms. The number of benzene rings is 1. The highest BCUT2D eigenvalue weighted by Gasteiger charge is 2.03. The summed E-state index contributed by atoms with van der Waals surface area (Å²) in [5.41, 5.74) is 0.542. The Morgan fingerprint density at radius 3 is 2.75 bits per heavy atom. The second-order valence-electron chi connectivity index (χ2n) is 2.20. The van der Waals surface area contributed by atoms with E-state index < -0.39 is 0 Å². The summed E-state index contributed by atoms with van der Waals surface area (Å²) < 4.78 is 4.67. The van der Waals surface area contributed by atoms with Gasteiger partial charge < -0.3 is 9.84 Å². The van der Waals surface area contributed by atoms with Crippen LogP contribution in [0.5, 0.6) is 5.75 Å². The molecule has 0 aliphatic rings. The lowest BCUT2D eigenvalue weighted by atomic mass is 10.2. The maximum absolute atomic E-state index is 9.05. The van der Waals surface area contributed by atoms with E-state index in [9.17, 15) is 0 Å². The Labute approximate surface area is 75.1 Å². The van der Waals surface area contributed by atoms with Gasteiger partial charge in [0.15, 0.2) is 0 Å². The molecule has 0 aliphatic carbocycles. The van der Waals surface area contributed by atoms with Crippen LogP contribution in [-0.4, -0.2) is 18.1 Å². The first kappa shape index (κ1) is 8.87. The molecule has 0 saturated heterocycles. The van der Waals surface area contributed by atoms with E-state index >= 15 is 0 Å². The summed E-state index contributed by atoms with van der Waals surface area (Å²) in [5, 5.41) is 16.6. The summed E-state index contributed by atoms with van der Waals surface area (Å²) in [4.78, 5) is 0. The van der Waals surface area contributed by atoms with Gasteiger partial charge >= 0.3 is 0 Å². The van der Waals surface area contributed by atoms with Crippen molar-refractivity contribution in [2.75, 3.05) is 7.11 Å². The zero-order chi connectivity index (χ0) is 9.14. The Morgan fingerprint density at radius 2 is 2.25 bits per heavy atom. The summed E-state index contributed by atoms with van der Waals surface area (Å²) in [5.74, 6) is 0.0289. The first-order valence-electron chi connectivity index (χ1n) is 3.26. The van der Waals surface area contributed by atoms with Crippen LogP contribution < -0.4 is 0 Å². The van der Waals surface area contributed by atoms with Crippen molar-refractivity contribution >= 4 is 17.5 Å². The van der Waals surface area contributed by atoms with Crippen LogP contribution in [0.3, 0.4) is 0 Å². The van der Waals surface area contributed by atoms with Crippen LogP contribution in [0.1, 0.15) is 5.56 Å². The number of nitrogens with one attached hydrogen (secondary N) is 1. The molecule has 0 aliphatic heterocycles. The minimum atomic E-state index is 0.00400. The molecular formula is C8H8ClNO2. The molecule has 0 fully saturated rings. The van der Waals surface area contributed by atoms with Crippen LogP contribution >= 0.6 is 11.6 Å². The number of halogens is 1. The lowest BCUT2D eigenvalue weighted by Gasteiger charge is -2.02. The lowest BCUT2D eigenvalue weighted by Crippen LogP contribution is -2.00. The van der Waals surface area contributed by atoms with Gasteiger partial charge in [-0.3, -0.25) is 5.41 Å². The van der Waals surface area contributed by atoms with E-state index in [1.165, 1.54) is 19.2 Å². The second-order valence-corrected chi connectivity index (χ2v) is 2.61. The molecule has 0 atom stereocenters. The third kappa shape index (κ3) is 1.68. The van der Waals surface area contributed by atoms with Gasteiger partial charge in [0, 0.05) is 5.56 Å². The van der Waals surface area contributed by atoms with Crippen molar-refractivity contribution in [3.63, 3.8) is 0 Å². The van der Waals surface area contributed by atoms with Crippen LogP contribution in [-0.2, 0) is 4.74 Å². The fourth-order valence-corrected chi connectivity index (χ4v) is 0.947. The van der Waals surface area contributed by atoms with Gasteiger partial charge in [0.1, 0.15) is 5.75 Å². The van der Waals surface area contributed by atoms with Gasteiger partial charge in [0.25, 0.3) is 0 Å². The molecule has 2 N–H and O–H groups in total. The topological polar surface area (TPSA) is 53.3 Å². The summed E-state index contributed by atoms with van der Waals surface area (Å²) in [7, 11) is 1.41. The fourth-order valence-electron chi connectivity index (χ4n) is 0.766. The van der Waals surface area contributed by atoms with Crippen molar-refractivity contribution < 1.29 is 9.84 Å². The van der Waals surface area contributed by atoms with Gasteiger partial charge in [0.05, 0.1) is 12.1 Å². The molecule has 0 unspecified atom stereocenters. The van der Waals surface area contributed by atoms with Crippen LogP contribution in [0.2, 0.25) is 5.02 Å². The van der Waals surface area contributed by atoms with Crippen LogP contribution in [0.25, 0.3) is 0 Å². The smallest absolute Gasteiger partial charge is 0.212 e. The monoisotopic (exact) mass is 185 g/mol. The predicted molar refractivity (Wildman–Crippen MR) is 47.0 cm³/mol. The predicted octanol–water partition coefficient (Wildman–Crippen LogP) is 2.02. The summed E-state index contributed by atoms with van der Waals surface area (Å²) >= 11 is 5.61. The van der Waals surface area contributed by atoms with Gasteiger partial charge in [-0.1, -0.05) is 11.6 Å². The third-order valence-corrected chi connectivity index (χ3v) is 1.72. The van der Waals surface area contributed by atoms with Gasteiger partial charge in [-0.15, -0.1) is 0 Å². The Kier molecular flexibility index (Phi) is 2.55. The van der Waals surface area contributed by atoms with E-state index in [2.05, 4.69) is 4.74 Å². The lowest BCUT2D eigenvalue weighted by molar-refractivity contribution is 0.401. The fraction of sp³-hybridized carbons (Fsp3) is 0.125. The zero-order valence-corrected chi connectivity index (χ0v) is 7.22. The highest BCUT2D eigenvalue weighted by molar-refractivity contribution is 6.32. The summed E-state index contributed by atoms with van der Waals surface area (Å²) in [6.45, 7) is 0. The standard InChI is InChI=1S/C8H8ClNO2/c1-12-8(10)5-2-3-7(11)6(9)4-5/h2-4,10-11H,1H3. The minimum absolute atomic E-state index is 0.00400. The van der Waals surface area contributed by atoms with Crippen molar-refractivity contribution in [2.45, 2.75) is 0 Å². The molecule has 0 bridgehead atoms. The molecule has 1 rings (SSSR count). The van der Waals surface area contributed by atoms with E-state index in [4.69, 9.17) is 22.1 Å². The summed E-state index contributed by atoms with van der Waals surface area (Å²) in [6.07, 6.45) is 0. The molecule has 0 aromatic heterocycles. The number of rotatable bonds is 1. The zero-order valence-electron chi connectivity index (χ0n) is 6.47. The molecule has 0 saturated carbocycles. The molecule has 0 radical (unpaired) electrons. The Morgan fingerprint density at radius 1 is 1.58 bits per heavy atom. The SMILES string of the molecule is COC(=N)c1ccc(O)c(Cl)c1. The summed E-state index contributed by atoms with van der Waals surface area (Å²) in [6, 6.07) is 4.46. The van der Waals surface area contributed by atoms with Crippen LogP contribution in [0, 0.1) is 5.41 Å². The number of aromatic hydroxyl groups is 1. The van der Waals surface area contributed by atoms with Gasteiger partial charge in [0.2, 0.25) is 5.90 Å². The maximum atomic E-state index is 9.05. The normalized spacial score (nSPS) is 9.50. The Hall–Kier alpha value is -1.22. The number of hydrogen-bond acceptors (Lipinski definition) is 3. The van der Waals surface area contributed by atoms with E-state index in [-0.39, 0.29) is 16.7 Å². The van der Waals surface area contributed by atoms with Crippen molar-refractivity contribution in [1.29, 1.82) is 5.41 Å². The third-order valence-electron chi connectivity index (χ3n) is 1.41. The van der Waals surface area contributed by atoms with Crippen molar-refractivity contribution in [3.8, 4) is 5.75 Å². The first-order chi connectivity index (χ1) is 5.65. The molecule has 0 heterocycles.